The molecule has 3 rings (SSSR count). The van der Waals surface area contributed by atoms with Crippen LogP contribution in [0.5, 0.6) is 0 Å². The molecule has 138 valence electrons. The second-order valence-corrected chi connectivity index (χ2v) is 6.83. The van der Waals surface area contributed by atoms with E-state index in [1.165, 1.54) is 37.1 Å². The van der Waals surface area contributed by atoms with Crippen molar-refractivity contribution in [3.05, 3.63) is 70.7 Å². The summed E-state index contributed by atoms with van der Waals surface area (Å²) >= 11 is 6.20. The van der Waals surface area contributed by atoms with Gasteiger partial charge in [0.25, 0.3) is 0 Å². The molecule has 0 spiro atoms. The number of hydrogen-bond donors (Lipinski definition) is 1. The zero-order valence-electron chi connectivity index (χ0n) is 14.4. The van der Waals surface area contributed by atoms with Crippen molar-refractivity contribution in [1.29, 1.82) is 0 Å². The molecule has 5 heteroatoms. The molecule has 1 N–H and O–H groups in total. The maximum atomic E-state index is 6.20. The normalized spacial score (nSPS) is 15.2. The summed E-state index contributed by atoms with van der Waals surface area (Å²) < 4.78 is 0. The highest BCUT2D eigenvalue weighted by Crippen LogP contribution is 2.19. The lowest BCUT2D eigenvalue weighted by atomic mass is 9.96. The van der Waals surface area contributed by atoms with Crippen molar-refractivity contribution < 1.29 is 0 Å². The monoisotopic (exact) mass is 400 g/mol. The van der Waals surface area contributed by atoms with Gasteiger partial charge in [-0.05, 0) is 55.6 Å². The zero-order chi connectivity index (χ0) is 15.9. The van der Waals surface area contributed by atoms with Crippen molar-refractivity contribution in [2.75, 3.05) is 19.6 Å². The summed E-state index contributed by atoms with van der Waals surface area (Å²) in [6.07, 6.45) is 2.56. The van der Waals surface area contributed by atoms with Gasteiger partial charge in [0, 0.05) is 18.1 Å². The summed E-state index contributed by atoms with van der Waals surface area (Å²) in [5.41, 5.74) is 2.61. The van der Waals surface area contributed by atoms with E-state index < -0.39 is 0 Å². The first kappa shape index (κ1) is 22.3. The maximum absolute atomic E-state index is 6.20. The fourth-order valence-electron chi connectivity index (χ4n) is 3.24. The molecule has 1 saturated heterocycles. The quantitative estimate of drug-likeness (QED) is 0.717. The summed E-state index contributed by atoms with van der Waals surface area (Å²) in [5, 5.41) is 4.43. The third-order valence-electron chi connectivity index (χ3n) is 4.66. The smallest absolute Gasteiger partial charge is 0.0450 e. The van der Waals surface area contributed by atoms with Gasteiger partial charge in [0.2, 0.25) is 0 Å². The molecule has 0 amide bonds. The van der Waals surface area contributed by atoms with Crippen LogP contribution in [0.4, 0.5) is 0 Å². The number of halogens is 3. The van der Waals surface area contributed by atoms with Gasteiger partial charge >= 0.3 is 0 Å². The highest BCUT2D eigenvalue weighted by molar-refractivity contribution is 6.31. The number of benzene rings is 2. The molecule has 0 atom stereocenters. The fourth-order valence-corrected chi connectivity index (χ4v) is 3.45. The van der Waals surface area contributed by atoms with Crippen molar-refractivity contribution in [2.45, 2.75) is 25.9 Å². The highest BCUT2D eigenvalue weighted by atomic mass is 35.5. The van der Waals surface area contributed by atoms with Gasteiger partial charge in [-0.1, -0.05) is 60.1 Å². The molecule has 1 fully saturated rings. The van der Waals surface area contributed by atoms with E-state index in [0.717, 1.165) is 30.6 Å². The molecule has 0 saturated carbocycles. The van der Waals surface area contributed by atoms with Crippen molar-refractivity contribution in [2.24, 2.45) is 5.92 Å². The van der Waals surface area contributed by atoms with Gasteiger partial charge < -0.3 is 5.32 Å². The predicted octanol–water partition coefficient (Wildman–Crippen LogP) is 5.19. The van der Waals surface area contributed by atoms with Crippen LogP contribution in [-0.2, 0) is 13.1 Å². The molecule has 2 aromatic rings. The number of rotatable bonds is 6. The Labute approximate surface area is 168 Å². The van der Waals surface area contributed by atoms with E-state index >= 15 is 0 Å². The molecular formula is C20H27Cl3N2. The predicted molar refractivity (Wildman–Crippen MR) is 112 cm³/mol. The van der Waals surface area contributed by atoms with Gasteiger partial charge in [0.15, 0.2) is 0 Å². The third-order valence-corrected chi connectivity index (χ3v) is 5.03. The van der Waals surface area contributed by atoms with Gasteiger partial charge in [-0.15, -0.1) is 24.8 Å². The van der Waals surface area contributed by atoms with E-state index in [-0.39, 0.29) is 24.8 Å². The average molecular weight is 402 g/mol. The van der Waals surface area contributed by atoms with Crippen LogP contribution in [0, 0.1) is 5.92 Å². The molecule has 0 aliphatic carbocycles. The average Bonchev–Trinajstić information content (AvgIpc) is 2.59. The zero-order valence-corrected chi connectivity index (χ0v) is 16.8. The number of nitrogens with one attached hydrogen (secondary N) is 1. The van der Waals surface area contributed by atoms with Crippen LogP contribution < -0.4 is 5.32 Å². The molecule has 0 radical (unpaired) electrons. The largest absolute Gasteiger partial charge is 0.312 e. The molecule has 2 aromatic carbocycles. The SMILES string of the molecule is Cl.Cl.Clc1ccccc1CNCC1CCN(Cc2ccccc2)CC1. The van der Waals surface area contributed by atoms with E-state index in [9.17, 15) is 0 Å². The molecule has 2 nitrogen and oxygen atoms in total. The minimum absolute atomic E-state index is 0. The first-order valence-electron chi connectivity index (χ1n) is 8.51. The van der Waals surface area contributed by atoms with E-state index in [2.05, 4.69) is 46.6 Å². The van der Waals surface area contributed by atoms with Crippen LogP contribution in [-0.4, -0.2) is 24.5 Å². The Kier molecular flexibility index (Phi) is 10.5. The molecule has 0 bridgehead atoms. The Hall–Kier alpha value is -0.770. The Morgan fingerprint density at radius 3 is 2.24 bits per heavy atom. The van der Waals surface area contributed by atoms with E-state index in [1.807, 2.05) is 18.2 Å². The molecule has 1 heterocycles. The second-order valence-electron chi connectivity index (χ2n) is 6.43. The van der Waals surface area contributed by atoms with Crippen molar-refractivity contribution in [1.82, 2.24) is 10.2 Å². The van der Waals surface area contributed by atoms with Crippen molar-refractivity contribution in [3.63, 3.8) is 0 Å². The lowest BCUT2D eigenvalue weighted by molar-refractivity contribution is 0.175. The van der Waals surface area contributed by atoms with Gasteiger partial charge in [-0.25, -0.2) is 0 Å². The number of likely N-dealkylation sites (tertiary alicyclic amines) is 1. The van der Waals surface area contributed by atoms with E-state index in [1.54, 1.807) is 0 Å². The second kappa shape index (κ2) is 11.8. The lowest BCUT2D eigenvalue weighted by Crippen LogP contribution is -2.36. The molecule has 25 heavy (non-hydrogen) atoms. The fraction of sp³-hybridized carbons (Fsp3) is 0.400. The maximum Gasteiger partial charge on any atom is 0.0450 e. The van der Waals surface area contributed by atoms with Crippen LogP contribution in [0.3, 0.4) is 0 Å². The molecule has 1 aliphatic rings. The Morgan fingerprint density at radius 1 is 0.920 bits per heavy atom. The van der Waals surface area contributed by atoms with E-state index in [0.29, 0.717) is 0 Å². The summed E-state index contributed by atoms with van der Waals surface area (Å²) in [6, 6.07) is 18.9. The molecular weight excluding hydrogens is 375 g/mol. The standard InChI is InChI=1S/C20H25ClN2.2ClH/c21-20-9-5-4-8-19(20)15-22-14-17-10-12-23(13-11-17)16-18-6-2-1-3-7-18;;/h1-9,17,22H,10-16H2;2*1H. The Bertz CT molecular complexity index is 599. The molecule has 0 unspecified atom stereocenters. The van der Waals surface area contributed by atoms with Gasteiger partial charge in [0.05, 0.1) is 0 Å². The summed E-state index contributed by atoms with van der Waals surface area (Å²) in [4.78, 5) is 2.57. The summed E-state index contributed by atoms with van der Waals surface area (Å²) in [5.74, 6) is 0.782. The van der Waals surface area contributed by atoms with Gasteiger partial charge in [0.1, 0.15) is 0 Å². The summed E-state index contributed by atoms with van der Waals surface area (Å²) in [7, 11) is 0. The van der Waals surface area contributed by atoms with E-state index in [4.69, 9.17) is 11.6 Å². The number of piperidine rings is 1. The van der Waals surface area contributed by atoms with Crippen LogP contribution in [0.2, 0.25) is 5.02 Å². The highest BCUT2D eigenvalue weighted by Gasteiger charge is 2.18. The first-order chi connectivity index (χ1) is 11.3. The van der Waals surface area contributed by atoms with Crippen LogP contribution in [0.15, 0.2) is 54.6 Å². The minimum atomic E-state index is 0. The van der Waals surface area contributed by atoms with Crippen LogP contribution >= 0.6 is 36.4 Å². The summed E-state index contributed by atoms with van der Waals surface area (Å²) in [6.45, 7) is 5.44. The van der Waals surface area contributed by atoms with Gasteiger partial charge in [-0.2, -0.15) is 0 Å². The van der Waals surface area contributed by atoms with Crippen molar-refractivity contribution >= 4 is 36.4 Å². The molecule has 1 aliphatic heterocycles. The topological polar surface area (TPSA) is 15.3 Å². The lowest BCUT2D eigenvalue weighted by Gasteiger charge is -2.32. The van der Waals surface area contributed by atoms with Crippen molar-refractivity contribution in [3.8, 4) is 0 Å². The Balaban J connectivity index is 0.00000156. The third kappa shape index (κ3) is 7.16. The first-order valence-corrected chi connectivity index (χ1v) is 8.89. The Morgan fingerprint density at radius 2 is 1.56 bits per heavy atom. The molecule has 0 aromatic heterocycles. The van der Waals surface area contributed by atoms with Gasteiger partial charge in [-0.3, -0.25) is 4.90 Å². The van der Waals surface area contributed by atoms with Crippen LogP contribution in [0.25, 0.3) is 0 Å². The number of nitrogens with zero attached hydrogens (tertiary/aromatic N) is 1. The minimum Gasteiger partial charge on any atom is -0.312 e. The number of hydrogen-bond acceptors (Lipinski definition) is 2. The van der Waals surface area contributed by atoms with Crippen LogP contribution in [0.1, 0.15) is 24.0 Å².